The average Bonchev–Trinajstić information content (AvgIpc) is 2.61. The van der Waals surface area contributed by atoms with Gasteiger partial charge in [0.2, 0.25) is 5.91 Å². The van der Waals surface area contributed by atoms with Crippen LogP contribution in [0.4, 0.5) is 0 Å². The van der Waals surface area contributed by atoms with Crippen LogP contribution in [-0.4, -0.2) is 44.7 Å². The van der Waals surface area contributed by atoms with E-state index in [4.69, 9.17) is 9.47 Å². The number of nitrogens with zero attached hydrogens (tertiary/aromatic N) is 1. The summed E-state index contributed by atoms with van der Waals surface area (Å²) in [6.07, 6.45) is 8.48. The predicted octanol–water partition coefficient (Wildman–Crippen LogP) is 3.17. The average molecular weight is 370 g/mol. The van der Waals surface area contributed by atoms with Crippen LogP contribution in [0.3, 0.4) is 0 Å². The molecule has 7 nitrogen and oxygen atoms in total. The quantitative estimate of drug-likeness (QED) is 0.247. The van der Waals surface area contributed by atoms with Gasteiger partial charge in [0.1, 0.15) is 0 Å². The van der Waals surface area contributed by atoms with Crippen LogP contribution in [0.2, 0.25) is 0 Å². The lowest BCUT2D eigenvalue weighted by Crippen LogP contribution is -2.37. The maximum Gasteiger partial charge on any atom is 0.305 e. The molecule has 0 aromatic heterocycles. The first-order chi connectivity index (χ1) is 12.4. The molecule has 7 heteroatoms. The fraction of sp³-hybridized carbons (Fsp3) is 0.842. The molecule has 1 heterocycles. The third-order valence-corrected chi connectivity index (χ3v) is 4.14. The molecule has 0 atom stereocenters. The largest absolute Gasteiger partial charge is 0.469 e. The minimum atomic E-state index is -0.178. The SMILES string of the molecule is COC(=O)CCCCCCC(=O)N/N=C/CCCC1OCC(C)(C)CO1. The van der Waals surface area contributed by atoms with Crippen molar-refractivity contribution in [3.63, 3.8) is 0 Å². The van der Waals surface area contributed by atoms with Crippen LogP contribution in [0.1, 0.15) is 71.6 Å². The molecule has 0 aliphatic carbocycles. The Hall–Kier alpha value is -1.47. The van der Waals surface area contributed by atoms with Gasteiger partial charge in [-0.05, 0) is 32.1 Å². The number of hydrogen-bond acceptors (Lipinski definition) is 6. The summed E-state index contributed by atoms with van der Waals surface area (Å²) in [5, 5.41) is 3.96. The zero-order valence-corrected chi connectivity index (χ0v) is 16.4. The van der Waals surface area contributed by atoms with Gasteiger partial charge in [0.05, 0.1) is 20.3 Å². The zero-order valence-electron chi connectivity index (χ0n) is 16.4. The number of nitrogens with one attached hydrogen (secondary N) is 1. The molecule has 1 amide bonds. The molecule has 0 unspecified atom stereocenters. The van der Waals surface area contributed by atoms with Crippen molar-refractivity contribution in [3.8, 4) is 0 Å². The van der Waals surface area contributed by atoms with Gasteiger partial charge in [-0.2, -0.15) is 5.10 Å². The van der Waals surface area contributed by atoms with E-state index in [-0.39, 0.29) is 23.6 Å². The fourth-order valence-corrected chi connectivity index (χ4v) is 2.52. The van der Waals surface area contributed by atoms with Crippen LogP contribution in [0.15, 0.2) is 5.10 Å². The van der Waals surface area contributed by atoms with Gasteiger partial charge in [-0.1, -0.05) is 26.7 Å². The number of hydrazone groups is 1. The molecular formula is C19H34N2O5. The van der Waals surface area contributed by atoms with E-state index in [0.29, 0.717) is 12.8 Å². The maximum atomic E-state index is 11.6. The molecular weight excluding hydrogens is 336 g/mol. The lowest BCUT2D eigenvalue weighted by atomic mass is 9.95. The summed E-state index contributed by atoms with van der Waals surface area (Å²) in [6.45, 7) is 5.71. The number of carbonyl (C=O) groups excluding carboxylic acids is 2. The second-order valence-corrected chi connectivity index (χ2v) is 7.48. The van der Waals surface area contributed by atoms with Crippen molar-refractivity contribution in [1.82, 2.24) is 5.43 Å². The second kappa shape index (κ2) is 12.8. The highest BCUT2D eigenvalue weighted by molar-refractivity contribution is 5.76. The zero-order chi connectivity index (χ0) is 19.3. The van der Waals surface area contributed by atoms with E-state index in [1.165, 1.54) is 7.11 Å². The van der Waals surface area contributed by atoms with Crippen LogP contribution in [0.5, 0.6) is 0 Å². The van der Waals surface area contributed by atoms with Crippen LogP contribution < -0.4 is 5.43 Å². The van der Waals surface area contributed by atoms with Crippen molar-refractivity contribution < 1.29 is 23.8 Å². The Labute approximate surface area is 156 Å². The Balaban J connectivity index is 1.93. The molecule has 0 radical (unpaired) electrons. The van der Waals surface area contributed by atoms with Gasteiger partial charge in [-0.25, -0.2) is 5.43 Å². The molecule has 0 aromatic carbocycles. The number of methoxy groups -OCH3 is 1. The number of amides is 1. The smallest absolute Gasteiger partial charge is 0.305 e. The highest BCUT2D eigenvalue weighted by Gasteiger charge is 2.27. The summed E-state index contributed by atoms with van der Waals surface area (Å²) < 4.78 is 15.9. The van der Waals surface area contributed by atoms with E-state index in [0.717, 1.165) is 58.2 Å². The maximum absolute atomic E-state index is 11.6. The lowest BCUT2D eigenvalue weighted by Gasteiger charge is -2.34. The number of carbonyl (C=O) groups is 2. The molecule has 0 saturated carbocycles. The lowest BCUT2D eigenvalue weighted by molar-refractivity contribution is -0.223. The summed E-state index contributed by atoms with van der Waals surface area (Å²) in [5.41, 5.74) is 2.64. The molecule has 1 fully saturated rings. The van der Waals surface area contributed by atoms with Gasteiger partial charge in [-0.3, -0.25) is 9.59 Å². The van der Waals surface area contributed by atoms with E-state index in [9.17, 15) is 9.59 Å². The van der Waals surface area contributed by atoms with Crippen LogP contribution in [0.25, 0.3) is 0 Å². The summed E-state index contributed by atoms with van der Waals surface area (Å²) in [4.78, 5) is 22.6. The first kappa shape index (κ1) is 22.6. The monoisotopic (exact) mass is 370 g/mol. The van der Waals surface area contributed by atoms with Crippen molar-refractivity contribution in [3.05, 3.63) is 0 Å². The summed E-state index contributed by atoms with van der Waals surface area (Å²) >= 11 is 0. The summed E-state index contributed by atoms with van der Waals surface area (Å²) in [5.74, 6) is -0.252. The Morgan fingerprint density at radius 1 is 1.12 bits per heavy atom. The standard InChI is InChI=1S/C19H34N2O5/c1-19(2)14-25-18(26-15-19)12-8-9-13-20-21-16(22)10-6-4-5-7-11-17(23)24-3/h13,18H,4-12,14-15H2,1-3H3,(H,21,22)/b20-13+. The number of esters is 1. The minimum absolute atomic E-state index is 0.0737. The molecule has 150 valence electrons. The van der Waals surface area contributed by atoms with Crippen molar-refractivity contribution in [2.45, 2.75) is 77.9 Å². The van der Waals surface area contributed by atoms with E-state index < -0.39 is 0 Å². The van der Waals surface area contributed by atoms with Crippen molar-refractivity contribution in [2.24, 2.45) is 10.5 Å². The molecule has 1 aliphatic rings. The molecule has 1 saturated heterocycles. The minimum Gasteiger partial charge on any atom is -0.469 e. The Morgan fingerprint density at radius 3 is 2.42 bits per heavy atom. The van der Waals surface area contributed by atoms with Gasteiger partial charge >= 0.3 is 5.97 Å². The summed E-state index contributed by atoms with van der Waals surface area (Å²) in [6, 6.07) is 0. The second-order valence-electron chi connectivity index (χ2n) is 7.48. The number of unbranched alkanes of at least 4 members (excludes halogenated alkanes) is 4. The normalized spacial score (nSPS) is 17.3. The van der Waals surface area contributed by atoms with Crippen molar-refractivity contribution in [1.29, 1.82) is 0 Å². The van der Waals surface area contributed by atoms with Gasteiger partial charge in [-0.15, -0.1) is 0 Å². The third-order valence-electron chi connectivity index (χ3n) is 4.14. The van der Waals surface area contributed by atoms with Gasteiger partial charge in [0.15, 0.2) is 6.29 Å². The predicted molar refractivity (Wildman–Crippen MR) is 99.7 cm³/mol. The van der Waals surface area contributed by atoms with Gasteiger partial charge in [0.25, 0.3) is 0 Å². The highest BCUT2D eigenvalue weighted by atomic mass is 16.7. The van der Waals surface area contributed by atoms with Gasteiger partial charge in [0, 0.05) is 24.5 Å². The van der Waals surface area contributed by atoms with Crippen LogP contribution in [-0.2, 0) is 23.8 Å². The topological polar surface area (TPSA) is 86.2 Å². The van der Waals surface area contributed by atoms with E-state index >= 15 is 0 Å². The molecule has 0 spiro atoms. The number of hydrogen-bond donors (Lipinski definition) is 1. The Morgan fingerprint density at radius 2 is 1.77 bits per heavy atom. The molecule has 0 bridgehead atoms. The first-order valence-electron chi connectivity index (χ1n) is 9.53. The van der Waals surface area contributed by atoms with Crippen LogP contribution in [0, 0.1) is 5.41 Å². The molecule has 0 aromatic rings. The van der Waals surface area contributed by atoms with Gasteiger partial charge < -0.3 is 14.2 Å². The highest BCUT2D eigenvalue weighted by Crippen LogP contribution is 2.24. The van der Waals surface area contributed by atoms with Crippen molar-refractivity contribution >= 4 is 18.1 Å². The summed E-state index contributed by atoms with van der Waals surface area (Å²) in [7, 11) is 1.39. The van der Waals surface area contributed by atoms with Crippen LogP contribution >= 0.6 is 0 Å². The molecule has 26 heavy (non-hydrogen) atoms. The van der Waals surface area contributed by atoms with E-state index in [2.05, 4.69) is 29.1 Å². The first-order valence-corrected chi connectivity index (χ1v) is 9.53. The van der Waals surface area contributed by atoms with Crippen molar-refractivity contribution in [2.75, 3.05) is 20.3 Å². The number of rotatable bonds is 12. The van der Waals surface area contributed by atoms with E-state index in [1.807, 2.05) is 0 Å². The molecule has 1 N–H and O–H groups in total. The van der Waals surface area contributed by atoms with E-state index in [1.54, 1.807) is 6.21 Å². The Bertz CT molecular complexity index is 441. The fourth-order valence-electron chi connectivity index (χ4n) is 2.52. The Kier molecular flexibility index (Phi) is 11.1. The third kappa shape index (κ3) is 11.2. The molecule has 1 rings (SSSR count). The molecule has 1 aliphatic heterocycles. The number of ether oxygens (including phenoxy) is 3.